The number of rotatable bonds is 2. The number of carbonyl (C=O) groups excluding carboxylic acids is 1. The second-order valence-electron chi connectivity index (χ2n) is 4.71. The summed E-state index contributed by atoms with van der Waals surface area (Å²) in [5.74, 6) is 0.615. The number of hydrogen-bond donors (Lipinski definition) is 0. The van der Waals surface area contributed by atoms with Crippen molar-refractivity contribution in [2.75, 3.05) is 20.1 Å². The van der Waals surface area contributed by atoms with Gasteiger partial charge in [-0.15, -0.1) is 0 Å². The Morgan fingerprint density at radius 2 is 2.00 bits per heavy atom. The van der Waals surface area contributed by atoms with Crippen molar-refractivity contribution in [3.63, 3.8) is 0 Å². The molecule has 4 nitrogen and oxygen atoms in total. The molecule has 0 saturated carbocycles. The smallest absolute Gasteiger partial charge is 0.177 e. The third kappa shape index (κ3) is 2.16. The zero-order valence-corrected chi connectivity index (χ0v) is 10.2. The van der Waals surface area contributed by atoms with E-state index < -0.39 is 0 Å². The summed E-state index contributed by atoms with van der Waals surface area (Å²) in [5.41, 5.74) is 1.80. The molecular weight excluding hydrogens is 202 g/mol. The first kappa shape index (κ1) is 11.3. The lowest BCUT2D eigenvalue weighted by atomic mass is 9.93. The Morgan fingerprint density at radius 1 is 1.38 bits per heavy atom. The molecular formula is C12H19N3O. The average Bonchev–Trinajstić information content (AvgIpc) is 2.61. The van der Waals surface area contributed by atoms with E-state index >= 15 is 0 Å². The van der Waals surface area contributed by atoms with Crippen LogP contribution in [0.4, 0.5) is 0 Å². The van der Waals surface area contributed by atoms with Gasteiger partial charge in [0.1, 0.15) is 5.69 Å². The molecule has 0 aromatic carbocycles. The van der Waals surface area contributed by atoms with Gasteiger partial charge in [0.15, 0.2) is 5.78 Å². The average molecular weight is 221 g/mol. The first-order valence-corrected chi connectivity index (χ1v) is 5.81. The van der Waals surface area contributed by atoms with Gasteiger partial charge in [0, 0.05) is 19.9 Å². The third-order valence-corrected chi connectivity index (χ3v) is 3.40. The molecule has 1 fully saturated rings. The first-order chi connectivity index (χ1) is 7.58. The first-order valence-electron chi connectivity index (χ1n) is 5.81. The summed E-state index contributed by atoms with van der Waals surface area (Å²) in [5, 5.41) is 4.46. The van der Waals surface area contributed by atoms with Crippen LogP contribution in [0.3, 0.4) is 0 Å². The highest BCUT2D eigenvalue weighted by atomic mass is 16.1. The number of likely N-dealkylation sites (tertiary alicyclic amines) is 1. The Kier molecular flexibility index (Phi) is 3.10. The number of aromatic nitrogens is 2. The molecule has 0 bridgehead atoms. The van der Waals surface area contributed by atoms with Gasteiger partial charge in [-0.05, 0) is 39.0 Å². The van der Waals surface area contributed by atoms with E-state index in [4.69, 9.17) is 0 Å². The SMILES string of the molecule is CC(=O)c1cc(C2CCN(C)CC2)nn1C. The lowest BCUT2D eigenvalue weighted by Crippen LogP contribution is -2.29. The van der Waals surface area contributed by atoms with Crippen molar-refractivity contribution in [3.8, 4) is 0 Å². The van der Waals surface area contributed by atoms with Gasteiger partial charge in [0.2, 0.25) is 0 Å². The minimum atomic E-state index is 0.0918. The van der Waals surface area contributed by atoms with Crippen molar-refractivity contribution >= 4 is 5.78 Å². The van der Waals surface area contributed by atoms with Crippen molar-refractivity contribution in [2.24, 2.45) is 7.05 Å². The summed E-state index contributed by atoms with van der Waals surface area (Å²) in [7, 11) is 3.99. The van der Waals surface area contributed by atoms with E-state index in [1.807, 2.05) is 13.1 Å². The van der Waals surface area contributed by atoms with Crippen molar-refractivity contribution in [2.45, 2.75) is 25.7 Å². The topological polar surface area (TPSA) is 38.1 Å². The number of carbonyl (C=O) groups is 1. The number of aryl methyl sites for hydroxylation is 1. The van der Waals surface area contributed by atoms with Crippen molar-refractivity contribution < 1.29 is 4.79 Å². The number of nitrogens with zero attached hydrogens (tertiary/aromatic N) is 3. The third-order valence-electron chi connectivity index (χ3n) is 3.40. The zero-order chi connectivity index (χ0) is 11.7. The van der Waals surface area contributed by atoms with E-state index in [-0.39, 0.29) is 5.78 Å². The summed E-state index contributed by atoms with van der Waals surface area (Å²) in [6.45, 7) is 3.84. The Balaban J connectivity index is 2.15. The van der Waals surface area contributed by atoms with Gasteiger partial charge in [-0.3, -0.25) is 9.48 Å². The highest BCUT2D eigenvalue weighted by molar-refractivity contribution is 5.92. The van der Waals surface area contributed by atoms with Crippen molar-refractivity contribution in [3.05, 3.63) is 17.5 Å². The summed E-state index contributed by atoms with van der Waals surface area (Å²) in [6, 6.07) is 1.96. The molecule has 4 heteroatoms. The number of hydrogen-bond acceptors (Lipinski definition) is 3. The Morgan fingerprint density at radius 3 is 2.50 bits per heavy atom. The fourth-order valence-corrected chi connectivity index (χ4v) is 2.32. The molecule has 0 aliphatic carbocycles. The second kappa shape index (κ2) is 4.37. The van der Waals surface area contributed by atoms with Crippen LogP contribution in [0.1, 0.15) is 41.9 Å². The van der Waals surface area contributed by atoms with Gasteiger partial charge >= 0.3 is 0 Å². The maximum absolute atomic E-state index is 11.3. The van der Waals surface area contributed by atoms with Gasteiger partial charge in [-0.1, -0.05) is 0 Å². The van der Waals surface area contributed by atoms with Gasteiger partial charge in [0.25, 0.3) is 0 Å². The number of Topliss-reactive ketones (excluding diaryl/α,β-unsaturated/α-hetero) is 1. The van der Waals surface area contributed by atoms with E-state index in [1.54, 1.807) is 11.6 Å². The zero-order valence-electron chi connectivity index (χ0n) is 10.2. The monoisotopic (exact) mass is 221 g/mol. The maximum atomic E-state index is 11.3. The molecule has 1 aliphatic heterocycles. The quantitative estimate of drug-likeness (QED) is 0.709. The van der Waals surface area contributed by atoms with Gasteiger partial charge in [0.05, 0.1) is 5.69 Å². The number of ketones is 1. The molecule has 1 aromatic rings. The highest BCUT2D eigenvalue weighted by Gasteiger charge is 2.22. The summed E-state index contributed by atoms with van der Waals surface area (Å²) in [6.07, 6.45) is 2.29. The lowest BCUT2D eigenvalue weighted by molar-refractivity contribution is 0.100. The molecule has 1 aromatic heterocycles. The molecule has 88 valence electrons. The normalized spacial score (nSPS) is 18.9. The minimum Gasteiger partial charge on any atom is -0.306 e. The Bertz CT molecular complexity index is 389. The Labute approximate surface area is 96.2 Å². The molecule has 1 saturated heterocycles. The van der Waals surface area contributed by atoms with E-state index in [0.717, 1.165) is 31.6 Å². The Hall–Kier alpha value is -1.16. The van der Waals surface area contributed by atoms with Crippen LogP contribution in [0.2, 0.25) is 0 Å². The molecule has 0 radical (unpaired) electrons. The van der Waals surface area contributed by atoms with Crippen LogP contribution in [-0.2, 0) is 7.05 Å². The van der Waals surface area contributed by atoms with Gasteiger partial charge < -0.3 is 4.90 Å². The van der Waals surface area contributed by atoms with Gasteiger partial charge in [-0.2, -0.15) is 5.10 Å². The van der Waals surface area contributed by atoms with Crippen LogP contribution in [0, 0.1) is 0 Å². The van der Waals surface area contributed by atoms with Crippen LogP contribution in [0.15, 0.2) is 6.07 Å². The number of piperidine rings is 1. The fraction of sp³-hybridized carbons (Fsp3) is 0.667. The minimum absolute atomic E-state index is 0.0918. The predicted molar refractivity (Wildman–Crippen MR) is 62.7 cm³/mol. The maximum Gasteiger partial charge on any atom is 0.177 e. The van der Waals surface area contributed by atoms with Crippen LogP contribution in [0.25, 0.3) is 0 Å². The van der Waals surface area contributed by atoms with Crippen LogP contribution in [0.5, 0.6) is 0 Å². The summed E-state index contributed by atoms with van der Waals surface area (Å²) >= 11 is 0. The van der Waals surface area contributed by atoms with Crippen molar-refractivity contribution in [1.29, 1.82) is 0 Å². The lowest BCUT2D eigenvalue weighted by Gasteiger charge is -2.27. The molecule has 0 unspecified atom stereocenters. The molecule has 0 N–H and O–H groups in total. The van der Waals surface area contributed by atoms with Gasteiger partial charge in [-0.25, -0.2) is 0 Å². The van der Waals surface area contributed by atoms with Crippen molar-refractivity contribution in [1.82, 2.24) is 14.7 Å². The van der Waals surface area contributed by atoms with Crippen LogP contribution < -0.4 is 0 Å². The fourth-order valence-electron chi connectivity index (χ4n) is 2.32. The summed E-state index contributed by atoms with van der Waals surface area (Å²) < 4.78 is 1.70. The highest BCUT2D eigenvalue weighted by Crippen LogP contribution is 2.26. The molecule has 2 heterocycles. The molecule has 16 heavy (non-hydrogen) atoms. The van der Waals surface area contributed by atoms with E-state index in [1.165, 1.54) is 0 Å². The largest absolute Gasteiger partial charge is 0.306 e. The van der Waals surface area contributed by atoms with E-state index in [2.05, 4.69) is 17.0 Å². The summed E-state index contributed by atoms with van der Waals surface area (Å²) in [4.78, 5) is 13.7. The standard InChI is InChI=1S/C12H19N3O/c1-9(16)12-8-11(13-15(12)3)10-4-6-14(2)7-5-10/h8,10H,4-7H2,1-3H3. The molecule has 0 atom stereocenters. The van der Waals surface area contributed by atoms with Crippen LogP contribution in [-0.4, -0.2) is 40.6 Å². The molecule has 0 spiro atoms. The predicted octanol–water partition coefficient (Wildman–Crippen LogP) is 1.43. The second-order valence-corrected chi connectivity index (χ2v) is 4.71. The van der Waals surface area contributed by atoms with E-state index in [0.29, 0.717) is 11.6 Å². The molecule has 1 aliphatic rings. The van der Waals surface area contributed by atoms with Crippen LogP contribution >= 0.6 is 0 Å². The molecule has 2 rings (SSSR count). The van der Waals surface area contributed by atoms with E-state index in [9.17, 15) is 4.79 Å². The molecule has 0 amide bonds.